The Morgan fingerprint density at radius 1 is 1.30 bits per heavy atom. The third-order valence-electron chi connectivity index (χ3n) is 6.53. The van der Waals surface area contributed by atoms with Crippen molar-refractivity contribution in [1.29, 1.82) is 0 Å². The van der Waals surface area contributed by atoms with Crippen LogP contribution >= 0.6 is 11.3 Å². The number of likely N-dealkylation sites (tertiary alicyclic amines) is 1. The molecule has 1 N–H and O–H groups in total. The molecule has 30 heavy (non-hydrogen) atoms. The number of nitrogens with one attached hydrogen (secondary N) is 1. The number of nitrogens with zero attached hydrogens (tertiary/aromatic N) is 1. The van der Waals surface area contributed by atoms with E-state index < -0.39 is 5.79 Å². The van der Waals surface area contributed by atoms with E-state index in [2.05, 4.69) is 17.1 Å². The molecular weight excluding hydrogens is 404 g/mol. The van der Waals surface area contributed by atoms with Crippen molar-refractivity contribution in [2.45, 2.75) is 64.7 Å². The molecule has 2 atom stereocenters. The van der Waals surface area contributed by atoms with Gasteiger partial charge in [0.1, 0.15) is 5.00 Å². The summed E-state index contributed by atoms with van der Waals surface area (Å²) in [5, 5.41) is 3.69. The molecule has 2 saturated heterocycles. The number of carbonyl (C=O) groups excluding carboxylic acids is 2. The Hall–Kier alpha value is -1.48. The maximum atomic E-state index is 13.1. The van der Waals surface area contributed by atoms with Gasteiger partial charge in [-0.3, -0.25) is 9.69 Å². The van der Waals surface area contributed by atoms with Crippen molar-refractivity contribution in [2.75, 3.05) is 38.2 Å². The van der Waals surface area contributed by atoms with Gasteiger partial charge in [-0.1, -0.05) is 6.92 Å². The zero-order chi connectivity index (χ0) is 21.3. The molecule has 7 nitrogen and oxygen atoms in total. The normalized spacial score (nSPS) is 24.4. The summed E-state index contributed by atoms with van der Waals surface area (Å²) in [6, 6.07) is -0.295. The number of anilines is 1. The van der Waals surface area contributed by atoms with E-state index in [1.54, 1.807) is 6.92 Å². The lowest BCUT2D eigenvalue weighted by molar-refractivity contribution is -0.187. The first-order chi connectivity index (χ1) is 14.4. The first kappa shape index (κ1) is 21.7. The molecule has 1 aromatic rings. The van der Waals surface area contributed by atoms with E-state index in [-0.39, 0.29) is 17.9 Å². The van der Waals surface area contributed by atoms with Crippen LogP contribution in [0, 0.1) is 5.92 Å². The van der Waals surface area contributed by atoms with Crippen molar-refractivity contribution in [3.05, 3.63) is 16.0 Å². The van der Waals surface area contributed by atoms with Crippen LogP contribution in [0.2, 0.25) is 0 Å². The number of carbonyl (C=O) groups is 2. The topological polar surface area (TPSA) is 77.1 Å². The maximum absolute atomic E-state index is 13.1. The number of rotatable bonds is 5. The van der Waals surface area contributed by atoms with Crippen LogP contribution < -0.4 is 5.32 Å². The van der Waals surface area contributed by atoms with Crippen LogP contribution in [0.5, 0.6) is 0 Å². The summed E-state index contributed by atoms with van der Waals surface area (Å²) in [4.78, 5) is 29.1. The van der Waals surface area contributed by atoms with Gasteiger partial charge in [0.15, 0.2) is 5.79 Å². The Balaban J connectivity index is 1.46. The Kier molecular flexibility index (Phi) is 6.48. The number of fused-ring (bicyclic) bond motifs is 1. The molecule has 8 heteroatoms. The van der Waals surface area contributed by atoms with E-state index in [9.17, 15) is 9.59 Å². The number of ether oxygens (including phenoxy) is 3. The van der Waals surface area contributed by atoms with Gasteiger partial charge in [-0.2, -0.15) is 0 Å². The predicted molar refractivity (Wildman–Crippen MR) is 115 cm³/mol. The highest BCUT2D eigenvalue weighted by atomic mass is 32.1. The van der Waals surface area contributed by atoms with Gasteiger partial charge in [-0.25, -0.2) is 4.79 Å². The quantitative estimate of drug-likeness (QED) is 0.715. The highest BCUT2D eigenvalue weighted by Crippen LogP contribution is 2.40. The molecule has 0 radical (unpaired) electrons. The summed E-state index contributed by atoms with van der Waals surface area (Å²) in [6.45, 7) is 9.07. The van der Waals surface area contributed by atoms with Crippen LogP contribution in [0.15, 0.2) is 0 Å². The van der Waals surface area contributed by atoms with E-state index in [4.69, 9.17) is 14.2 Å². The molecule has 1 aromatic heterocycles. The zero-order valence-electron chi connectivity index (χ0n) is 18.1. The van der Waals surface area contributed by atoms with Crippen molar-refractivity contribution in [3.8, 4) is 0 Å². The largest absolute Gasteiger partial charge is 0.462 e. The molecule has 1 spiro atoms. The average molecular weight is 437 g/mol. The SMILES string of the molecule is CCOC(=O)c1c(NC(=O)C(C)N2CCC3(CC2)OCCO3)sc2c1CCC(C)C2. The summed E-state index contributed by atoms with van der Waals surface area (Å²) in [5.41, 5.74) is 1.63. The van der Waals surface area contributed by atoms with Crippen LogP contribution in [0.3, 0.4) is 0 Å². The second-order valence-corrected chi connectivity index (χ2v) is 9.69. The molecule has 4 rings (SSSR count). The lowest BCUT2D eigenvalue weighted by Gasteiger charge is -2.39. The predicted octanol–water partition coefficient (Wildman–Crippen LogP) is 3.22. The van der Waals surface area contributed by atoms with Crippen LogP contribution in [-0.4, -0.2) is 61.5 Å². The number of hydrogen-bond donors (Lipinski definition) is 1. The lowest BCUT2D eigenvalue weighted by Crippen LogP contribution is -2.51. The fraction of sp³-hybridized carbons (Fsp3) is 0.727. The average Bonchev–Trinajstić information content (AvgIpc) is 3.32. The van der Waals surface area contributed by atoms with Crippen LogP contribution in [-0.2, 0) is 31.8 Å². The molecule has 2 aliphatic heterocycles. The fourth-order valence-electron chi connectivity index (χ4n) is 4.68. The van der Waals surface area contributed by atoms with E-state index >= 15 is 0 Å². The van der Waals surface area contributed by atoms with Gasteiger partial charge in [0.05, 0.1) is 31.4 Å². The molecule has 2 fully saturated rings. The van der Waals surface area contributed by atoms with Crippen molar-refractivity contribution in [1.82, 2.24) is 4.90 Å². The first-order valence-electron chi connectivity index (χ1n) is 11.1. The molecular formula is C22H32N2O5S. The van der Waals surface area contributed by atoms with E-state index in [1.165, 1.54) is 16.2 Å². The van der Waals surface area contributed by atoms with Gasteiger partial charge < -0.3 is 19.5 Å². The number of thiophene rings is 1. The molecule has 0 aromatic carbocycles. The number of esters is 1. The molecule has 2 unspecified atom stereocenters. The maximum Gasteiger partial charge on any atom is 0.341 e. The van der Waals surface area contributed by atoms with Gasteiger partial charge in [0.2, 0.25) is 5.91 Å². The summed E-state index contributed by atoms with van der Waals surface area (Å²) >= 11 is 1.54. The minimum atomic E-state index is -0.451. The van der Waals surface area contributed by atoms with Crippen molar-refractivity contribution in [2.24, 2.45) is 5.92 Å². The van der Waals surface area contributed by atoms with Crippen LogP contribution in [0.25, 0.3) is 0 Å². The van der Waals surface area contributed by atoms with E-state index in [0.717, 1.165) is 50.8 Å². The number of amides is 1. The summed E-state index contributed by atoms with van der Waals surface area (Å²) < 4.78 is 16.9. The Morgan fingerprint density at radius 3 is 2.67 bits per heavy atom. The molecule has 166 valence electrons. The van der Waals surface area contributed by atoms with Gasteiger partial charge in [0, 0.05) is 30.8 Å². The number of piperidine rings is 1. The standard InChI is InChI=1S/C22H32N2O5S/c1-4-27-21(26)18-16-6-5-14(2)13-17(16)30-20(18)23-19(25)15(3)24-9-7-22(8-10-24)28-11-12-29-22/h14-15H,4-13H2,1-3H3,(H,23,25). The van der Waals surface area contributed by atoms with E-state index in [1.807, 2.05) is 6.92 Å². The van der Waals surface area contributed by atoms with Crippen LogP contribution in [0.4, 0.5) is 5.00 Å². The Morgan fingerprint density at radius 2 is 2.00 bits per heavy atom. The van der Waals surface area contributed by atoms with Gasteiger partial charge in [0.25, 0.3) is 0 Å². The van der Waals surface area contributed by atoms with Crippen molar-refractivity contribution < 1.29 is 23.8 Å². The zero-order valence-corrected chi connectivity index (χ0v) is 18.9. The number of hydrogen-bond acceptors (Lipinski definition) is 7. The Bertz CT molecular complexity index is 792. The van der Waals surface area contributed by atoms with Crippen molar-refractivity contribution in [3.63, 3.8) is 0 Å². The minimum absolute atomic E-state index is 0.0867. The van der Waals surface area contributed by atoms with Gasteiger partial charge in [-0.15, -0.1) is 11.3 Å². The van der Waals surface area contributed by atoms with Gasteiger partial charge in [-0.05, 0) is 44.6 Å². The van der Waals surface area contributed by atoms with Crippen molar-refractivity contribution >= 4 is 28.2 Å². The molecule has 3 aliphatic rings. The second-order valence-electron chi connectivity index (χ2n) is 8.59. The molecule has 0 bridgehead atoms. The second kappa shape index (κ2) is 8.94. The summed E-state index contributed by atoms with van der Waals surface area (Å²) in [7, 11) is 0. The lowest BCUT2D eigenvalue weighted by atomic mass is 9.88. The monoisotopic (exact) mass is 436 g/mol. The first-order valence-corrected chi connectivity index (χ1v) is 11.9. The van der Waals surface area contributed by atoms with Gasteiger partial charge >= 0.3 is 5.97 Å². The smallest absolute Gasteiger partial charge is 0.341 e. The fourth-order valence-corrected chi connectivity index (χ4v) is 6.08. The highest BCUT2D eigenvalue weighted by molar-refractivity contribution is 7.17. The minimum Gasteiger partial charge on any atom is -0.462 e. The van der Waals surface area contributed by atoms with Crippen LogP contribution in [0.1, 0.15) is 60.8 Å². The third kappa shape index (κ3) is 4.28. The van der Waals surface area contributed by atoms with E-state index in [0.29, 0.717) is 36.3 Å². The summed E-state index contributed by atoms with van der Waals surface area (Å²) in [5.74, 6) is -0.276. The summed E-state index contributed by atoms with van der Waals surface area (Å²) in [6.07, 6.45) is 4.40. The Labute approximate surface area is 182 Å². The molecule has 0 saturated carbocycles. The molecule has 3 heterocycles. The highest BCUT2D eigenvalue weighted by Gasteiger charge is 2.41. The third-order valence-corrected chi connectivity index (χ3v) is 7.70. The molecule has 1 aliphatic carbocycles. The molecule has 1 amide bonds.